The molecule has 1 aromatic rings. The molecule has 6 heteroatoms. The molecular formula is C11H19N3O2S. The molecule has 17 heavy (non-hydrogen) atoms. The maximum atomic E-state index is 11.6. The normalized spacial score (nSPS) is 12.4. The van der Waals surface area contributed by atoms with E-state index >= 15 is 0 Å². The summed E-state index contributed by atoms with van der Waals surface area (Å²) in [5, 5.41) is 14.1. The number of aliphatic hydroxyl groups is 1. The molecule has 1 unspecified atom stereocenters. The van der Waals surface area contributed by atoms with E-state index < -0.39 is 0 Å². The zero-order chi connectivity index (χ0) is 12.7. The molecular weight excluding hydrogens is 238 g/mol. The molecule has 1 rings (SSSR count). The first-order valence-electron chi connectivity index (χ1n) is 5.71. The van der Waals surface area contributed by atoms with Crippen LogP contribution in [0.25, 0.3) is 0 Å². The highest BCUT2D eigenvalue weighted by Gasteiger charge is 2.09. The first-order chi connectivity index (χ1) is 8.17. The lowest BCUT2D eigenvalue weighted by Crippen LogP contribution is -2.25. The van der Waals surface area contributed by atoms with Gasteiger partial charge in [0.2, 0.25) is 0 Å². The molecule has 0 fully saturated rings. The second-order valence-electron chi connectivity index (χ2n) is 4.02. The largest absolute Gasteiger partial charge is 0.396 e. The Morgan fingerprint density at radius 2 is 2.47 bits per heavy atom. The van der Waals surface area contributed by atoms with Gasteiger partial charge in [-0.25, -0.2) is 4.98 Å². The number of nitrogens with one attached hydrogen (secondary N) is 1. The monoisotopic (exact) mass is 257 g/mol. The van der Waals surface area contributed by atoms with Crippen LogP contribution in [0.1, 0.15) is 35.3 Å². The lowest BCUT2D eigenvalue weighted by Gasteiger charge is -2.07. The first kappa shape index (κ1) is 14.1. The highest BCUT2D eigenvalue weighted by Crippen LogP contribution is 2.08. The van der Waals surface area contributed by atoms with Crippen molar-refractivity contribution >= 4 is 17.2 Å². The van der Waals surface area contributed by atoms with Crippen molar-refractivity contribution in [3.05, 3.63) is 16.1 Å². The first-order valence-corrected chi connectivity index (χ1v) is 6.58. The van der Waals surface area contributed by atoms with E-state index in [0.717, 1.165) is 17.8 Å². The number of amides is 1. The number of rotatable bonds is 7. The number of nitrogens with two attached hydrogens (primary N) is 1. The lowest BCUT2D eigenvalue weighted by atomic mass is 10.1. The Kier molecular flexibility index (Phi) is 6.10. The molecule has 1 atom stereocenters. The summed E-state index contributed by atoms with van der Waals surface area (Å²) in [6, 6.07) is 0. The second kappa shape index (κ2) is 7.37. The second-order valence-corrected chi connectivity index (χ2v) is 4.96. The summed E-state index contributed by atoms with van der Waals surface area (Å²) >= 11 is 1.40. The van der Waals surface area contributed by atoms with Crippen molar-refractivity contribution in [3.63, 3.8) is 0 Å². The summed E-state index contributed by atoms with van der Waals surface area (Å²) in [5.41, 5.74) is 5.86. The molecule has 0 aliphatic rings. The number of hydrogen-bond donors (Lipinski definition) is 3. The summed E-state index contributed by atoms with van der Waals surface area (Å²) in [6.45, 7) is 3.15. The van der Waals surface area contributed by atoms with Gasteiger partial charge in [0.15, 0.2) is 0 Å². The van der Waals surface area contributed by atoms with Crippen molar-refractivity contribution in [1.29, 1.82) is 0 Å². The molecule has 0 aromatic carbocycles. The van der Waals surface area contributed by atoms with Crippen LogP contribution in [0.5, 0.6) is 0 Å². The van der Waals surface area contributed by atoms with Crippen LogP contribution in [-0.4, -0.2) is 29.1 Å². The van der Waals surface area contributed by atoms with Gasteiger partial charge in [-0.3, -0.25) is 4.79 Å². The lowest BCUT2D eigenvalue weighted by molar-refractivity contribution is 0.0947. The molecule has 96 valence electrons. The predicted octanol–water partition coefficient (Wildman–Crippen LogP) is 0.740. The van der Waals surface area contributed by atoms with Gasteiger partial charge in [-0.2, -0.15) is 0 Å². The van der Waals surface area contributed by atoms with Crippen LogP contribution in [0.15, 0.2) is 5.38 Å². The standard InChI is InChI=1S/C11H19N3O2S/c1-8(6-15)3-2-4-13-11(16)9-7-17-10(5-12)14-9/h7-8,15H,2-6,12H2,1H3,(H,13,16). The SMILES string of the molecule is CC(CO)CCCNC(=O)c1csc(CN)n1. The van der Waals surface area contributed by atoms with E-state index in [-0.39, 0.29) is 18.4 Å². The Hall–Kier alpha value is -0.980. The number of aromatic nitrogens is 1. The third-order valence-corrected chi connectivity index (χ3v) is 3.30. The van der Waals surface area contributed by atoms with Gasteiger partial charge >= 0.3 is 0 Å². The molecule has 5 nitrogen and oxygen atoms in total. The zero-order valence-corrected chi connectivity index (χ0v) is 10.8. The van der Waals surface area contributed by atoms with Gasteiger partial charge in [0.05, 0.1) is 0 Å². The van der Waals surface area contributed by atoms with Crippen LogP contribution in [0.4, 0.5) is 0 Å². The van der Waals surface area contributed by atoms with Crippen molar-refractivity contribution in [2.75, 3.05) is 13.2 Å². The number of carbonyl (C=O) groups excluding carboxylic acids is 1. The highest BCUT2D eigenvalue weighted by atomic mass is 32.1. The molecule has 0 saturated carbocycles. The van der Waals surface area contributed by atoms with E-state index in [2.05, 4.69) is 10.3 Å². The molecule has 1 amide bonds. The Morgan fingerprint density at radius 1 is 1.71 bits per heavy atom. The average molecular weight is 257 g/mol. The van der Waals surface area contributed by atoms with Gasteiger partial charge in [0, 0.05) is 25.1 Å². The van der Waals surface area contributed by atoms with Gasteiger partial charge < -0.3 is 16.2 Å². The fraction of sp³-hybridized carbons (Fsp3) is 0.636. The topological polar surface area (TPSA) is 88.2 Å². The predicted molar refractivity (Wildman–Crippen MR) is 67.8 cm³/mol. The molecule has 0 saturated heterocycles. The van der Waals surface area contributed by atoms with Crippen molar-refractivity contribution < 1.29 is 9.90 Å². The fourth-order valence-electron chi connectivity index (χ4n) is 1.34. The third-order valence-electron chi connectivity index (χ3n) is 2.43. The molecule has 1 heterocycles. The average Bonchev–Trinajstić information content (AvgIpc) is 2.82. The summed E-state index contributed by atoms with van der Waals surface area (Å²) in [7, 11) is 0. The molecule has 0 aliphatic carbocycles. The fourth-order valence-corrected chi connectivity index (χ4v) is 2.00. The van der Waals surface area contributed by atoms with E-state index in [1.54, 1.807) is 5.38 Å². The van der Waals surface area contributed by atoms with Crippen molar-refractivity contribution in [1.82, 2.24) is 10.3 Å². The molecule has 0 radical (unpaired) electrons. The van der Waals surface area contributed by atoms with E-state index in [0.29, 0.717) is 18.8 Å². The quantitative estimate of drug-likeness (QED) is 0.629. The minimum Gasteiger partial charge on any atom is -0.396 e. The van der Waals surface area contributed by atoms with Gasteiger partial charge in [-0.15, -0.1) is 11.3 Å². The number of carbonyl (C=O) groups is 1. The van der Waals surface area contributed by atoms with Crippen molar-refractivity contribution in [2.45, 2.75) is 26.3 Å². The van der Waals surface area contributed by atoms with Crippen molar-refractivity contribution in [3.8, 4) is 0 Å². The van der Waals surface area contributed by atoms with Gasteiger partial charge in [0.25, 0.3) is 5.91 Å². The van der Waals surface area contributed by atoms with Crippen LogP contribution in [0, 0.1) is 5.92 Å². The van der Waals surface area contributed by atoms with Crippen LogP contribution in [0.2, 0.25) is 0 Å². The zero-order valence-electron chi connectivity index (χ0n) is 9.98. The third kappa shape index (κ3) is 4.80. The van der Waals surface area contributed by atoms with E-state index in [9.17, 15) is 4.79 Å². The number of aliphatic hydroxyl groups excluding tert-OH is 1. The smallest absolute Gasteiger partial charge is 0.270 e. The molecule has 4 N–H and O–H groups in total. The number of nitrogens with zero attached hydrogens (tertiary/aromatic N) is 1. The summed E-state index contributed by atoms with van der Waals surface area (Å²) in [5.74, 6) is 0.132. The minimum absolute atomic E-state index is 0.155. The summed E-state index contributed by atoms with van der Waals surface area (Å²) in [6.07, 6.45) is 1.77. The van der Waals surface area contributed by atoms with Gasteiger partial charge in [0.1, 0.15) is 10.7 Å². The molecule has 0 bridgehead atoms. The summed E-state index contributed by atoms with van der Waals surface area (Å²) in [4.78, 5) is 15.7. The number of hydrogen-bond acceptors (Lipinski definition) is 5. The van der Waals surface area contributed by atoms with Crippen LogP contribution in [0.3, 0.4) is 0 Å². The highest BCUT2D eigenvalue weighted by molar-refractivity contribution is 7.09. The van der Waals surface area contributed by atoms with E-state index in [1.165, 1.54) is 11.3 Å². The van der Waals surface area contributed by atoms with Gasteiger partial charge in [-0.05, 0) is 18.8 Å². The minimum atomic E-state index is -0.155. The Balaban J connectivity index is 2.25. The van der Waals surface area contributed by atoms with E-state index in [1.807, 2.05) is 6.92 Å². The number of thiazole rings is 1. The Bertz CT molecular complexity index is 354. The van der Waals surface area contributed by atoms with Crippen LogP contribution in [-0.2, 0) is 6.54 Å². The maximum Gasteiger partial charge on any atom is 0.270 e. The Morgan fingerprint density at radius 3 is 3.06 bits per heavy atom. The van der Waals surface area contributed by atoms with E-state index in [4.69, 9.17) is 10.8 Å². The van der Waals surface area contributed by atoms with Gasteiger partial charge in [-0.1, -0.05) is 6.92 Å². The molecule has 0 spiro atoms. The molecule has 0 aliphatic heterocycles. The Labute approximate surface area is 105 Å². The maximum absolute atomic E-state index is 11.6. The summed E-state index contributed by atoms with van der Waals surface area (Å²) < 4.78 is 0. The van der Waals surface area contributed by atoms with Crippen molar-refractivity contribution in [2.24, 2.45) is 11.7 Å². The van der Waals surface area contributed by atoms with Crippen LogP contribution < -0.4 is 11.1 Å². The molecule has 1 aromatic heterocycles. The van der Waals surface area contributed by atoms with Crippen LogP contribution >= 0.6 is 11.3 Å².